The van der Waals surface area contributed by atoms with Crippen LogP contribution in [0.15, 0.2) is 24.3 Å². The lowest BCUT2D eigenvalue weighted by atomic mass is 9.87. The highest BCUT2D eigenvalue weighted by molar-refractivity contribution is 5.96. The number of likely N-dealkylation sites (tertiary alicyclic amines) is 1. The Morgan fingerprint density at radius 1 is 1.15 bits per heavy atom. The van der Waals surface area contributed by atoms with Crippen LogP contribution < -0.4 is 5.32 Å². The van der Waals surface area contributed by atoms with Crippen LogP contribution in [-0.4, -0.2) is 48.4 Å². The van der Waals surface area contributed by atoms with Gasteiger partial charge < -0.3 is 15.0 Å². The third-order valence-electron chi connectivity index (χ3n) is 4.89. The molecule has 6 nitrogen and oxygen atoms in total. The van der Waals surface area contributed by atoms with Gasteiger partial charge in [0.15, 0.2) is 6.61 Å². The molecule has 2 amide bonds. The van der Waals surface area contributed by atoms with Gasteiger partial charge in [0.2, 0.25) is 0 Å². The van der Waals surface area contributed by atoms with E-state index in [1.807, 2.05) is 19.1 Å². The zero-order valence-corrected chi connectivity index (χ0v) is 16.7. The van der Waals surface area contributed by atoms with E-state index in [0.29, 0.717) is 12.1 Å². The Balaban J connectivity index is 1.76. The summed E-state index contributed by atoms with van der Waals surface area (Å²) in [6.07, 6.45) is 3.07. The van der Waals surface area contributed by atoms with Crippen molar-refractivity contribution in [3.63, 3.8) is 0 Å². The molecule has 0 radical (unpaired) electrons. The maximum absolute atomic E-state index is 12.1. The quantitative estimate of drug-likeness (QED) is 0.804. The molecule has 1 aromatic rings. The smallest absolute Gasteiger partial charge is 0.325 e. The van der Waals surface area contributed by atoms with Crippen LogP contribution in [0.25, 0.3) is 0 Å². The van der Waals surface area contributed by atoms with Gasteiger partial charge in [-0.1, -0.05) is 32.9 Å². The third-order valence-corrected chi connectivity index (χ3v) is 4.89. The van der Waals surface area contributed by atoms with Crippen LogP contribution in [0.3, 0.4) is 0 Å². The van der Waals surface area contributed by atoms with Gasteiger partial charge in [-0.3, -0.25) is 14.4 Å². The summed E-state index contributed by atoms with van der Waals surface area (Å²) in [5, 5.41) is 2.53. The van der Waals surface area contributed by atoms with Gasteiger partial charge in [-0.15, -0.1) is 0 Å². The van der Waals surface area contributed by atoms with Gasteiger partial charge in [0.25, 0.3) is 11.8 Å². The largest absolute Gasteiger partial charge is 0.454 e. The molecule has 27 heavy (non-hydrogen) atoms. The number of piperidine rings is 1. The number of nitrogens with zero attached hydrogens (tertiary/aromatic N) is 1. The molecule has 1 atom stereocenters. The van der Waals surface area contributed by atoms with E-state index >= 15 is 0 Å². The molecule has 0 saturated carbocycles. The van der Waals surface area contributed by atoms with Crippen molar-refractivity contribution >= 4 is 17.8 Å². The van der Waals surface area contributed by atoms with Crippen LogP contribution >= 0.6 is 0 Å². The van der Waals surface area contributed by atoms with Crippen molar-refractivity contribution < 1.29 is 19.1 Å². The molecule has 0 aromatic heterocycles. The summed E-state index contributed by atoms with van der Waals surface area (Å²) in [4.78, 5) is 37.9. The van der Waals surface area contributed by atoms with Gasteiger partial charge in [0.05, 0.1) is 0 Å². The number of carbonyl (C=O) groups is 3. The highest BCUT2D eigenvalue weighted by Gasteiger charge is 2.24. The molecule has 0 bridgehead atoms. The number of amides is 2. The lowest BCUT2D eigenvalue weighted by Crippen LogP contribution is -2.44. The van der Waals surface area contributed by atoms with Gasteiger partial charge in [0.1, 0.15) is 6.54 Å². The summed E-state index contributed by atoms with van der Waals surface area (Å²) < 4.78 is 5.01. The molecular weight excluding hydrogens is 344 g/mol. The van der Waals surface area contributed by atoms with Crippen molar-refractivity contribution in [2.24, 2.45) is 0 Å². The SMILES string of the molecule is C[C@H]1CCCCN1C(=O)COC(=O)CNC(=O)c1ccc(C(C)(C)C)cc1. The Morgan fingerprint density at radius 2 is 1.81 bits per heavy atom. The second kappa shape index (κ2) is 9.02. The fourth-order valence-corrected chi connectivity index (χ4v) is 3.12. The number of benzene rings is 1. The highest BCUT2D eigenvalue weighted by Crippen LogP contribution is 2.22. The second-order valence-corrected chi connectivity index (χ2v) is 8.10. The minimum absolute atomic E-state index is 0.0111. The molecule has 1 fully saturated rings. The first kappa shape index (κ1) is 20.9. The van der Waals surface area contributed by atoms with Gasteiger partial charge >= 0.3 is 5.97 Å². The number of rotatable bonds is 5. The topological polar surface area (TPSA) is 75.7 Å². The first-order chi connectivity index (χ1) is 12.7. The van der Waals surface area contributed by atoms with Crippen LogP contribution in [0.5, 0.6) is 0 Å². The summed E-state index contributed by atoms with van der Waals surface area (Å²) in [5.74, 6) is -1.14. The Hall–Kier alpha value is -2.37. The fraction of sp³-hybridized carbons (Fsp3) is 0.571. The van der Waals surface area contributed by atoms with E-state index in [-0.39, 0.29) is 36.4 Å². The van der Waals surface area contributed by atoms with Crippen molar-refractivity contribution in [2.75, 3.05) is 19.7 Å². The minimum atomic E-state index is -0.618. The summed E-state index contributed by atoms with van der Waals surface area (Å²) in [6, 6.07) is 7.48. The van der Waals surface area contributed by atoms with Gasteiger partial charge in [-0.25, -0.2) is 0 Å². The Kier molecular flexibility index (Phi) is 6.99. The van der Waals surface area contributed by atoms with E-state index in [4.69, 9.17) is 4.74 Å². The van der Waals surface area contributed by atoms with Crippen LogP contribution in [-0.2, 0) is 19.7 Å². The average molecular weight is 374 g/mol. The molecule has 1 aliphatic rings. The summed E-state index contributed by atoms with van der Waals surface area (Å²) >= 11 is 0. The standard InChI is InChI=1S/C21H30N2O4/c1-15-7-5-6-12-23(15)18(24)14-27-19(25)13-22-20(26)16-8-10-17(11-9-16)21(2,3)4/h8-11,15H,5-7,12-14H2,1-4H3,(H,22,26)/t15-/m0/s1. The Labute approximate surface area is 161 Å². The van der Waals surface area contributed by atoms with Crippen molar-refractivity contribution in [3.05, 3.63) is 35.4 Å². The van der Waals surface area contributed by atoms with E-state index in [0.717, 1.165) is 24.8 Å². The molecule has 6 heteroatoms. The van der Waals surface area contributed by atoms with Gasteiger partial charge in [-0.2, -0.15) is 0 Å². The maximum atomic E-state index is 12.1. The monoisotopic (exact) mass is 374 g/mol. The molecule has 1 heterocycles. The van der Waals surface area contributed by atoms with Crippen LogP contribution in [0.1, 0.15) is 62.9 Å². The van der Waals surface area contributed by atoms with Crippen LogP contribution in [0.4, 0.5) is 0 Å². The lowest BCUT2D eigenvalue weighted by Gasteiger charge is -2.33. The van der Waals surface area contributed by atoms with E-state index < -0.39 is 5.97 Å². The third kappa shape index (κ3) is 6.08. The number of carbonyl (C=O) groups excluding carboxylic acids is 3. The average Bonchev–Trinajstić information content (AvgIpc) is 2.64. The normalized spacial score (nSPS) is 17.3. The summed E-state index contributed by atoms with van der Waals surface area (Å²) in [7, 11) is 0. The Morgan fingerprint density at radius 3 is 2.41 bits per heavy atom. The molecule has 2 rings (SSSR count). The maximum Gasteiger partial charge on any atom is 0.325 e. The van der Waals surface area contributed by atoms with Crippen LogP contribution in [0.2, 0.25) is 0 Å². The van der Waals surface area contributed by atoms with Crippen molar-refractivity contribution in [1.29, 1.82) is 0 Å². The summed E-state index contributed by atoms with van der Waals surface area (Å²) in [5.41, 5.74) is 1.62. The zero-order valence-electron chi connectivity index (χ0n) is 16.7. The van der Waals surface area contributed by atoms with Gasteiger partial charge in [-0.05, 0) is 49.3 Å². The first-order valence-corrected chi connectivity index (χ1v) is 9.52. The van der Waals surface area contributed by atoms with E-state index in [9.17, 15) is 14.4 Å². The molecule has 1 N–H and O–H groups in total. The molecule has 0 spiro atoms. The predicted molar refractivity (Wildman–Crippen MR) is 103 cm³/mol. The molecule has 148 valence electrons. The molecule has 0 aliphatic carbocycles. The van der Waals surface area contributed by atoms with Crippen molar-refractivity contribution in [2.45, 2.75) is 58.4 Å². The van der Waals surface area contributed by atoms with Gasteiger partial charge in [0, 0.05) is 18.2 Å². The number of hydrogen-bond acceptors (Lipinski definition) is 4. The predicted octanol–water partition coefficient (Wildman–Crippen LogP) is 2.66. The molecule has 1 saturated heterocycles. The minimum Gasteiger partial charge on any atom is -0.454 e. The first-order valence-electron chi connectivity index (χ1n) is 9.52. The number of nitrogens with one attached hydrogen (secondary N) is 1. The fourth-order valence-electron chi connectivity index (χ4n) is 3.12. The number of ether oxygens (including phenoxy) is 1. The Bertz CT molecular complexity index is 676. The van der Waals surface area contributed by atoms with Crippen LogP contribution in [0, 0.1) is 0 Å². The van der Waals surface area contributed by atoms with Crippen molar-refractivity contribution in [3.8, 4) is 0 Å². The summed E-state index contributed by atoms with van der Waals surface area (Å²) in [6.45, 7) is 8.48. The van der Waals surface area contributed by atoms with Crippen molar-refractivity contribution in [1.82, 2.24) is 10.2 Å². The number of hydrogen-bond donors (Lipinski definition) is 1. The second-order valence-electron chi connectivity index (χ2n) is 8.10. The zero-order chi connectivity index (χ0) is 20.0. The lowest BCUT2D eigenvalue weighted by molar-refractivity contribution is -0.152. The molecule has 1 aliphatic heterocycles. The van der Waals surface area contributed by atoms with E-state index in [2.05, 4.69) is 26.1 Å². The number of esters is 1. The van der Waals surface area contributed by atoms with E-state index in [1.54, 1.807) is 17.0 Å². The highest BCUT2D eigenvalue weighted by atomic mass is 16.5. The van der Waals surface area contributed by atoms with E-state index in [1.165, 1.54) is 0 Å². The molecular formula is C21H30N2O4. The molecule has 1 aromatic carbocycles. The molecule has 0 unspecified atom stereocenters.